The van der Waals surface area contributed by atoms with Crippen LogP contribution in [0.15, 0.2) is 18.2 Å². The lowest BCUT2D eigenvalue weighted by Gasteiger charge is -2.36. The number of nitrogens with zero attached hydrogens (tertiary/aromatic N) is 3. The molecule has 1 aliphatic rings. The average molecular weight is 377 g/mol. The SMILES string of the molecule is C[C@@H]1C[C@@H](C)CN(c2ccc(C(=O)O[C@@H](C)C(=O)N(C)C)cc2[N+](=O)[O-])C1. The number of hydrogen-bond donors (Lipinski definition) is 0. The number of nitro benzene ring substituents is 1. The minimum atomic E-state index is -0.963. The second kappa shape index (κ2) is 8.37. The van der Waals surface area contributed by atoms with Gasteiger partial charge >= 0.3 is 5.97 Å². The van der Waals surface area contributed by atoms with Gasteiger partial charge in [0.05, 0.1) is 10.5 Å². The molecule has 8 heteroatoms. The van der Waals surface area contributed by atoms with Gasteiger partial charge in [0.25, 0.3) is 11.6 Å². The molecule has 0 spiro atoms. The van der Waals surface area contributed by atoms with Crippen molar-refractivity contribution in [3.63, 3.8) is 0 Å². The minimum Gasteiger partial charge on any atom is -0.449 e. The molecule has 8 nitrogen and oxygen atoms in total. The van der Waals surface area contributed by atoms with Crippen LogP contribution in [0.2, 0.25) is 0 Å². The molecule has 1 aromatic carbocycles. The predicted octanol–water partition coefficient (Wildman–Crippen LogP) is 2.71. The molecule has 0 aromatic heterocycles. The molecule has 0 radical (unpaired) electrons. The highest BCUT2D eigenvalue weighted by Gasteiger charge is 2.29. The second-order valence-corrected chi connectivity index (χ2v) is 7.59. The normalized spacial score (nSPS) is 20.7. The number of likely N-dealkylation sites (N-methyl/N-ethyl adjacent to an activating group) is 1. The summed E-state index contributed by atoms with van der Waals surface area (Å²) in [7, 11) is 3.12. The van der Waals surface area contributed by atoms with Crippen LogP contribution in [0.1, 0.15) is 37.6 Å². The maximum atomic E-state index is 12.3. The number of amides is 1. The molecule has 0 aliphatic carbocycles. The molecule has 1 aliphatic heterocycles. The van der Waals surface area contributed by atoms with Gasteiger partial charge in [-0.15, -0.1) is 0 Å². The number of esters is 1. The van der Waals surface area contributed by atoms with Crippen LogP contribution in [0, 0.1) is 22.0 Å². The fourth-order valence-corrected chi connectivity index (χ4v) is 3.57. The topological polar surface area (TPSA) is 93.0 Å². The van der Waals surface area contributed by atoms with Crippen LogP contribution in [0.4, 0.5) is 11.4 Å². The van der Waals surface area contributed by atoms with E-state index in [9.17, 15) is 19.7 Å². The van der Waals surface area contributed by atoms with Crippen LogP contribution in [0.25, 0.3) is 0 Å². The molecular formula is C19H27N3O5. The molecule has 1 heterocycles. The summed E-state index contributed by atoms with van der Waals surface area (Å²) in [4.78, 5) is 38.6. The van der Waals surface area contributed by atoms with Crippen molar-refractivity contribution < 1.29 is 19.2 Å². The molecular weight excluding hydrogens is 350 g/mol. The lowest BCUT2D eigenvalue weighted by Crippen LogP contribution is -2.39. The molecule has 1 saturated heterocycles. The Morgan fingerprint density at radius 1 is 1.26 bits per heavy atom. The van der Waals surface area contributed by atoms with Crippen LogP contribution in [-0.4, -0.2) is 55.0 Å². The molecule has 2 rings (SSSR count). The number of piperidine rings is 1. The Morgan fingerprint density at radius 2 is 1.85 bits per heavy atom. The molecule has 1 fully saturated rings. The molecule has 148 valence electrons. The van der Waals surface area contributed by atoms with Crippen molar-refractivity contribution in [2.45, 2.75) is 33.3 Å². The van der Waals surface area contributed by atoms with E-state index in [4.69, 9.17) is 4.74 Å². The number of carbonyl (C=O) groups is 2. The zero-order valence-corrected chi connectivity index (χ0v) is 16.5. The first-order valence-electron chi connectivity index (χ1n) is 9.05. The Morgan fingerprint density at radius 3 is 2.37 bits per heavy atom. The zero-order valence-electron chi connectivity index (χ0n) is 16.5. The summed E-state index contributed by atoms with van der Waals surface area (Å²) in [6, 6.07) is 4.34. The van der Waals surface area contributed by atoms with Gasteiger partial charge in [0.2, 0.25) is 0 Å². The van der Waals surface area contributed by atoms with E-state index in [1.807, 2.05) is 4.90 Å². The van der Waals surface area contributed by atoms with Gasteiger partial charge in [-0.1, -0.05) is 13.8 Å². The van der Waals surface area contributed by atoms with E-state index in [0.717, 1.165) is 19.5 Å². The third-order valence-electron chi connectivity index (χ3n) is 4.69. The number of nitro groups is 1. The van der Waals surface area contributed by atoms with Crippen LogP contribution >= 0.6 is 0 Å². The third kappa shape index (κ3) is 4.96. The van der Waals surface area contributed by atoms with Crippen molar-refractivity contribution in [2.75, 3.05) is 32.1 Å². The molecule has 1 aromatic rings. The first-order chi connectivity index (χ1) is 12.6. The van der Waals surface area contributed by atoms with Crippen LogP contribution < -0.4 is 4.90 Å². The van der Waals surface area contributed by atoms with Crippen LogP contribution in [-0.2, 0) is 9.53 Å². The summed E-state index contributed by atoms with van der Waals surface area (Å²) in [5.74, 6) is -0.231. The Bertz CT molecular complexity index is 724. The Balaban J connectivity index is 2.26. The largest absolute Gasteiger partial charge is 0.449 e. The van der Waals surface area contributed by atoms with Crippen molar-refractivity contribution >= 4 is 23.3 Å². The van der Waals surface area contributed by atoms with Gasteiger partial charge in [-0.2, -0.15) is 0 Å². The van der Waals surface area contributed by atoms with E-state index in [-0.39, 0.29) is 17.2 Å². The number of hydrogen-bond acceptors (Lipinski definition) is 6. The second-order valence-electron chi connectivity index (χ2n) is 7.59. The Hall–Kier alpha value is -2.64. The van der Waals surface area contributed by atoms with E-state index in [1.165, 1.54) is 24.0 Å². The maximum absolute atomic E-state index is 12.3. The Labute approximate surface area is 159 Å². The van der Waals surface area contributed by atoms with Gasteiger partial charge in [-0.25, -0.2) is 4.79 Å². The smallest absolute Gasteiger partial charge is 0.339 e. The molecule has 0 saturated carbocycles. The Kier molecular flexibility index (Phi) is 6.41. The molecule has 1 amide bonds. The van der Waals surface area contributed by atoms with Crippen molar-refractivity contribution in [3.8, 4) is 0 Å². The zero-order chi connectivity index (χ0) is 20.3. The number of benzene rings is 1. The quantitative estimate of drug-likeness (QED) is 0.445. The highest BCUT2D eigenvalue weighted by Crippen LogP contribution is 2.34. The summed E-state index contributed by atoms with van der Waals surface area (Å²) in [6.07, 6.45) is 0.127. The molecule has 0 N–H and O–H groups in total. The molecule has 3 atom stereocenters. The minimum absolute atomic E-state index is 0.0574. The number of rotatable bonds is 5. The van der Waals surface area contributed by atoms with Gasteiger partial charge in [0.15, 0.2) is 6.10 Å². The molecule has 0 unspecified atom stereocenters. The highest BCUT2D eigenvalue weighted by atomic mass is 16.6. The van der Waals surface area contributed by atoms with E-state index in [0.29, 0.717) is 17.5 Å². The lowest BCUT2D eigenvalue weighted by atomic mass is 9.91. The monoisotopic (exact) mass is 377 g/mol. The average Bonchev–Trinajstić information content (AvgIpc) is 2.59. The standard InChI is InChI=1S/C19H27N3O5/c1-12-8-13(2)11-21(10-12)16-7-6-15(9-17(16)22(25)26)19(24)27-14(3)18(23)20(4)5/h6-7,9,12-14H,8,10-11H2,1-5H3/t12-,13-,14+/m1/s1. The first-order valence-corrected chi connectivity index (χ1v) is 9.05. The van der Waals surface area contributed by atoms with Crippen molar-refractivity contribution in [1.29, 1.82) is 0 Å². The summed E-state index contributed by atoms with van der Waals surface area (Å²) in [6.45, 7) is 7.21. The predicted molar refractivity (Wildman–Crippen MR) is 102 cm³/mol. The number of carbonyl (C=O) groups excluding carboxylic acids is 2. The molecule has 0 bridgehead atoms. The van der Waals surface area contributed by atoms with Crippen LogP contribution in [0.3, 0.4) is 0 Å². The summed E-state index contributed by atoms with van der Waals surface area (Å²) < 4.78 is 5.15. The van der Waals surface area contributed by atoms with Crippen LogP contribution in [0.5, 0.6) is 0 Å². The van der Waals surface area contributed by atoms with E-state index in [1.54, 1.807) is 20.2 Å². The fourth-order valence-electron chi connectivity index (χ4n) is 3.57. The molecule has 27 heavy (non-hydrogen) atoms. The summed E-state index contributed by atoms with van der Waals surface area (Å²) >= 11 is 0. The van der Waals surface area contributed by atoms with Gasteiger partial charge in [0, 0.05) is 33.3 Å². The van der Waals surface area contributed by atoms with E-state index < -0.39 is 17.0 Å². The van der Waals surface area contributed by atoms with Gasteiger partial charge in [-0.05, 0) is 37.3 Å². The summed E-state index contributed by atoms with van der Waals surface area (Å²) in [5.41, 5.74) is 0.437. The third-order valence-corrected chi connectivity index (χ3v) is 4.69. The first kappa shape index (κ1) is 20.7. The number of ether oxygens (including phenoxy) is 1. The lowest BCUT2D eigenvalue weighted by molar-refractivity contribution is -0.384. The van der Waals surface area contributed by atoms with Gasteiger partial charge in [-0.3, -0.25) is 14.9 Å². The summed E-state index contributed by atoms with van der Waals surface area (Å²) in [5, 5.41) is 11.6. The van der Waals surface area contributed by atoms with Crippen molar-refractivity contribution in [3.05, 3.63) is 33.9 Å². The van der Waals surface area contributed by atoms with E-state index >= 15 is 0 Å². The van der Waals surface area contributed by atoms with Gasteiger partial charge < -0.3 is 14.5 Å². The highest BCUT2D eigenvalue weighted by molar-refractivity contribution is 5.93. The van der Waals surface area contributed by atoms with E-state index in [2.05, 4.69) is 13.8 Å². The number of anilines is 1. The van der Waals surface area contributed by atoms with Gasteiger partial charge in [0.1, 0.15) is 5.69 Å². The fraction of sp³-hybridized carbons (Fsp3) is 0.579. The van der Waals surface area contributed by atoms with Crippen molar-refractivity contribution in [1.82, 2.24) is 4.90 Å². The van der Waals surface area contributed by atoms with Crippen molar-refractivity contribution in [2.24, 2.45) is 11.8 Å². The maximum Gasteiger partial charge on any atom is 0.339 e.